The van der Waals surface area contributed by atoms with Crippen molar-refractivity contribution >= 4 is 54.0 Å². The van der Waals surface area contributed by atoms with Gasteiger partial charge in [-0.15, -0.1) is 11.3 Å². The van der Waals surface area contributed by atoms with Crippen molar-refractivity contribution in [3.8, 4) is 27.4 Å². The molecule has 1 aliphatic rings. The predicted molar refractivity (Wildman–Crippen MR) is 139 cm³/mol. The van der Waals surface area contributed by atoms with Gasteiger partial charge in [0.2, 0.25) is 0 Å². The highest BCUT2D eigenvalue weighted by atomic mass is 32.1. The van der Waals surface area contributed by atoms with Crippen LogP contribution in [0.4, 0.5) is 0 Å². The van der Waals surface area contributed by atoms with Gasteiger partial charge in [-0.2, -0.15) is 10.2 Å². The highest BCUT2D eigenvalue weighted by molar-refractivity contribution is 7.22. The number of fused-ring (bicyclic) bond motifs is 11. The molecule has 0 radical (unpaired) electrons. The van der Waals surface area contributed by atoms with Gasteiger partial charge in [-0.05, 0) is 48.4 Å². The van der Waals surface area contributed by atoms with Crippen LogP contribution in [0.2, 0.25) is 0 Å². The Morgan fingerprint density at radius 1 is 0.857 bits per heavy atom. The van der Waals surface area contributed by atoms with Gasteiger partial charge < -0.3 is 14.7 Å². The predicted octanol–water partition coefficient (Wildman–Crippen LogP) is 6.44. The smallest absolute Gasteiger partial charge is 0.147 e. The first kappa shape index (κ1) is 19.1. The van der Waals surface area contributed by atoms with E-state index in [2.05, 4.69) is 61.5 Å². The number of aromatic nitrogens is 6. The van der Waals surface area contributed by atoms with Crippen LogP contribution in [0, 0.1) is 13.8 Å². The Labute approximate surface area is 202 Å². The maximum Gasteiger partial charge on any atom is 0.147 e. The monoisotopic (exact) mass is 474 g/mol. The van der Waals surface area contributed by atoms with Crippen molar-refractivity contribution < 1.29 is 4.74 Å². The third-order valence-electron chi connectivity index (χ3n) is 6.83. The van der Waals surface area contributed by atoms with Gasteiger partial charge in [0, 0.05) is 26.6 Å². The minimum absolute atomic E-state index is 0.488. The molecule has 3 aromatic carbocycles. The highest BCUT2D eigenvalue weighted by Gasteiger charge is 2.24. The first-order valence-corrected chi connectivity index (χ1v) is 12.2. The second-order valence-corrected chi connectivity index (χ2v) is 10.1. The number of rotatable bonds is 1. The summed E-state index contributed by atoms with van der Waals surface area (Å²) in [5, 5.41) is 13.8. The van der Waals surface area contributed by atoms with Crippen LogP contribution in [-0.4, -0.2) is 30.1 Å². The van der Waals surface area contributed by atoms with Crippen molar-refractivity contribution in [3.63, 3.8) is 0 Å². The fourth-order valence-electron chi connectivity index (χ4n) is 5.31. The molecule has 7 nitrogen and oxygen atoms in total. The number of imidazole rings is 2. The maximum atomic E-state index is 6.21. The number of ether oxygens (including phenoxy) is 1. The normalized spacial score (nSPS) is 13.0. The molecule has 168 valence electrons. The molecule has 0 fully saturated rings. The van der Waals surface area contributed by atoms with Crippen molar-refractivity contribution in [2.45, 2.75) is 20.5 Å². The van der Waals surface area contributed by atoms with Gasteiger partial charge in [0.15, 0.2) is 0 Å². The molecule has 0 aliphatic carbocycles. The van der Waals surface area contributed by atoms with Gasteiger partial charge in [0.25, 0.3) is 0 Å². The van der Waals surface area contributed by atoms with Gasteiger partial charge in [-0.3, -0.25) is 0 Å². The van der Waals surface area contributed by atoms with E-state index in [0.717, 1.165) is 77.2 Å². The Morgan fingerprint density at radius 2 is 1.71 bits per heavy atom. The first-order chi connectivity index (χ1) is 17.1. The maximum absolute atomic E-state index is 6.21. The van der Waals surface area contributed by atoms with Crippen LogP contribution in [0.1, 0.15) is 17.3 Å². The topological polar surface area (TPSA) is 92.4 Å². The van der Waals surface area contributed by atoms with Crippen molar-refractivity contribution in [1.82, 2.24) is 30.1 Å². The highest BCUT2D eigenvalue weighted by Crippen LogP contribution is 2.47. The minimum atomic E-state index is 0.488. The average Bonchev–Trinajstić information content (AvgIpc) is 3.59. The lowest BCUT2D eigenvalue weighted by Gasteiger charge is -2.17. The van der Waals surface area contributed by atoms with Gasteiger partial charge in [-0.25, -0.2) is 9.97 Å². The van der Waals surface area contributed by atoms with Crippen LogP contribution in [-0.2, 0) is 6.61 Å². The molecule has 8 heteroatoms. The quantitative estimate of drug-likeness (QED) is 0.267. The standard InChI is InChI=1S/C27H18N6OS/c1-12-30-21-11-34-26-17(23(21)31-12)6-4-15-8-22(35-27(15)26)14-3-5-16-18(7-14)19-9-28-29-10-20(19)25-24(16)32-13(2)33-25/h3-10H,11H2,1-2H3,(H,30,31)(H,32,33). The Balaban J connectivity index is 1.36. The molecule has 0 unspecified atom stereocenters. The zero-order valence-corrected chi connectivity index (χ0v) is 19.7. The second kappa shape index (κ2) is 6.64. The molecule has 35 heavy (non-hydrogen) atoms. The Morgan fingerprint density at radius 3 is 2.63 bits per heavy atom. The number of aryl methyl sites for hydroxylation is 2. The summed E-state index contributed by atoms with van der Waals surface area (Å²) in [5.74, 6) is 2.73. The average molecular weight is 475 g/mol. The molecule has 2 N–H and O–H groups in total. The fourth-order valence-corrected chi connectivity index (χ4v) is 6.47. The summed E-state index contributed by atoms with van der Waals surface area (Å²) in [6, 6.07) is 13.2. The summed E-state index contributed by atoms with van der Waals surface area (Å²) >= 11 is 1.76. The number of thiophene rings is 1. The van der Waals surface area contributed by atoms with Gasteiger partial charge >= 0.3 is 0 Å². The van der Waals surface area contributed by atoms with E-state index < -0.39 is 0 Å². The Bertz CT molecular complexity index is 2000. The molecular weight excluding hydrogens is 456 g/mol. The number of H-pyrrole nitrogens is 2. The summed E-state index contributed by atoms with van der Waals surface area (Å²) in [4.78, 5) is 17.3. The second-order valence-electron chi connectivity index (χ2n) is 9.03. The van der Waals surface area contributed by atoms with Crippen LogP contribution < -0.4 is 4.74 Å². The molecule has 8 rings (SSSR count). The molecule has 0 amide bonds. The van der Waals surface area contributed by atoms with Crippen LogP contribution in [0.5, 0.6) is 5.75 Å². The fraction of sp³-hybridized carbons (Fsp3) is 0.111. The van der Waals surface area contributed by atoms with Gasteiger partial charge in [0.05, 0.1) is 33.8 Å². The zero-order chi connectivity index (χ0) is 23.3. The van der Waals surface area contributed by atoms with Crippen molar-refractivity contribution in [2.24, 2.45) is 0 Å². The Kier molecular flexibility index (Phi) is 3.61. The lowest BCUT2D eigenvalue weighted by Crippen LogP contribution is -2.05. The molecule has 0 saturated carbocycles. The molecule has 0 saturated heterocycles. The number of hydrogen-bond donors (Lipinski definition) is 2. The molecule has 0 bridgehead atoms. The molecule has 4 aromatic heterocycles. The van der Waals surface area contributed by atoms with E-state index in [4.69, 9.17) is 9.72 Å². The summed E-state index contributed by atoms with van der Waals surface area (Å²) in [6.07, 6.45) is 3.64. The van der Waals surface area contributed by atoms with E-state index in [1.54, 1.807) is 17.5 Å². The summed E-state index contributed by atoms with van der Waals surface area (Å²) in [7, 11) is 0. The molecule has 0 atom stereocenters. The van der Waals surface area contributed by atoms with E-state index in [1.807, 2.05) is 20.0 Å². The molecule has 0 spiro atoms. The largest absolute Gasteiger partial charge is 0.485 e. The number of nitrogens with zero attached hydrogens (tertiary/aromatic N) is 4. The van der Waals surface area contributed by atoms with E-state index in [9.17, 15) is 0 Å². The van der Waals surface area contributed by atoms with E-state index in [1.165, 1.54) is 10.3 Å². The lowest BCUT2D eigenvalue weighted by molar-refractivity contribution is 0.302. The molecule has 1 aliphatic heterocycles. The van der Waals surface area contributed by atoms with Crippen molar-refractivity contribution in [3.05, 3.63) is 66.1 Å². The van der Waals surface area contributed by atoms with Crippen LogP contribution in [0.3, 0.4) is 0 Å². The number of nitrogens with one attached hydrogen (secondary N) is 2. The first-order valence-electron chi connectivity index (χ1n) is 11.4. The van der Waals surface area contributed by atoms with E-state index >= 15 is 0 Å². The molecule has 5 heterocycles. The van der Waals surface area contributed by atoms with Crippen molar-refractivity contribution in [2.75, 3.05) is 0 Å². The van der Waals surface area contributed by atoms with Crippen LogP contribution in [0.15, 0.2) is 48.8 Å². The summed E-state index contributed by atoms with van der Waals surface area (Å²) < 4.78 is 7.36. The lowest BCUT2D eigenvalue weighted by atomic mass is 9.99. The van der Waals surface area contributed by atoms with E-state index in [-0.39, 0.29) is 0 Å². The Hall–Kier alpha value is -4.30. The summed E-state index contributed by atoms with van der Waals surface area (Å²) in [6.45, 7) is 4.45. The van der Waals surface area contributed by atoms with Gasteiger partial charge in [0.1, 0.15) is 29.7 Å². The summed E-state index contributed by atoms with van der Waals surface area (Å²) in [5.41, 5.74) is 6.25. The third-order valence-corrected chi connectivity index (χ3v) is 8.03. The number of benzene rings is 3. The SMILES string of the molecule is Cc1nc2c([nH]1)-c1ccc3cc(-c4ccc5c(c4)c4cnncc4c4nc(C)[nH]c54)sc3c1OC2. The number of hydrogen-bond acceptors (Lipinski definition) is 6. The molecular formula is C27H18N6OS. The van der Waals surface area contributed by atoms with Crippen LogP contribution in [0.25, 0.3) is 64.4 Å². The zero-order valence-electron chi connectivity index (χ0n) is 18.9. The van der Waals surface area contributed by atoms with Crippen molar-refractivity contribution in [1.29, 1.82) is 0 Å². The minimum Gasteiger partial charge on any atom is -0.485 e. The third kappa shape index (κ3) is 2.60. The van der Waals surface area contributed by atoms with Gasteiger partial charge in [-0.1, -0.05) is 18.2 Å². The van der Waals surface area contributed by atoms with Crippen LogP contribution >= 0.6 is 11.3 Å². The molecule has 7 aromatic rings. The van der Waals surface area contributed by atoms with E-state index in [0.29, 0.717) is 6.61 Å². The number of aromatic amines is 2.